The molecule has 0 atom stereocenters. The molecule has 2 fully saturated rings. The summed E-state index contributed by atoms with van der Waals surface area (Å²) in [5.74, 6) is 1.31. The van der Waals surface area contributed by atoms with E-state index in [1.165, 1.54) is 17.8 Å². The molecule has 0 spiro atoms. The van der Waals surface area contributed by atoms with Gasteiger partial charge in [-0.1, -0.05) is 12.1 Å². The van der Waals surface area contributed by atoms with Gasteiger partial charge in [0.15, 0.2) is 0 Å². The molecular weight excluding hydrogens is 422 g/mol. The van der Waals surface area contributed by atoms with Crippen molar-refractivity contribution in [3.8, 4) is 17.0 Å². The first kappa shape index (κ1) is 21.1. The molecule has 0 radical (unpaired) electrons. The van der Waals surface area contributed by atoms with Crippen LogP contribution in [0.2, 0.25) is 0 Å². The number of nitrogens with zero attached hydrogens (tertiary/aromatic N) is 2. The molecular formula is C25H27N3O3S. The Hall–Kier alpha value is -2.74. The van der Waals surface area contributed by atoms with Gasteiger partial charge in [-0.3, -0.25) is 9.69 Å². The van der Waals surface area contributed by atoms with Crippen molar-refractivity contribution in [2.45, 2.75) is 25.3 Å². The molecule has 1 saturated carbocycles. The van der Waals surface area contributed by atoms with Crippen LogP contribution < -0.4 is 10.1 Å². The van der Waals surface area contributed by atoms with Gasteiger partial charge in [-0.2, -0.15) is 0 Å². The zero-order valence-corrected chi connectivity index (χ0v) is 19.0. The van der Waals surface area contributed by atoms with E-state index in [0.717, 1.165) is 54.6 Å². The number of carbonyl (C=O) groups is 1. The Kier molecular flexibility index (Phi) is 6.21. The Morgan fingerprint density at radius 3 is 2.69 bits per heavy atom. The summed E-state index contributed by atoms with van der Waals surface area (Å²) < 4.78 is 10.8. The van der Waals surface area contributed by atoms with E-state index in [1.54, 1.807) is 18.4 Å². The normalized spacial score (nSPS) is 16.7. The number of rotatable bonds is 7. The molecule has 1 N–H and O–H groups in total. The Morgan fingerprint density at radius 2 is 1.97 bits per heavy atom. The third kappa shape index (κ3) is 4.85. The minimum atomic E-state index is -0.117. The van der Waals surface area contributed by atoms with E-state index in [1.807, 2.05) is 42.5 Å². The van der Waals surface area contributed by atoms with Crippen LogP contribution in [0.25, 0.3) is 11.3 Å². The number of benzene rings is 2. The van der Waals surface area contributed by atoms with E-state index in [4.69, 9.17) is 14.5 Å². The van der Waals surface area contributed by atoms with Crippen LogP contribution in [0.5, 0.6) is 5.75 Å². The second kappa shape index (κ2) is 9.40. The molecule has 1 aliphatic carbocycles. The van der Waals surface area contributed by atoms with Gasteiger partial charge in [0.1, 0.15) is 5.75 Å². The first-order valence-corrected chi connectivity index (χ1v) is 11.9. The number of nitrogens with one attached hydrogen (secondary N) is 1. The number of aromatic nitrogens is 1. The van der Waals surface area contributed by atoms with Crippen molar-refractivity contribution in [3.63, 3.8) is 0 Å². The van der Waals surface area contributed by atoms with Crippen LogP contribution in [-0.4, -0.2) is 49.2 Å². The van der Waals surface area contributed by atoms with Gasteiger partial charge in [0.2, 0.25) is 0 Å². The van der Waals surface area contributed by atoms with Gasteiger partial charge in [0.25, 0.3) is 5.91 Å². The summed E-state index contributed by atoms with van der Waals surface area (Å²) in [6.07, 6.45) is 2.52. The maximum atomic E-state index is 13.1. The minimum absolute atomic E-state index is 0.117. The van der Waals surface area contributed by atoms with Crippen molar-refractivity contribution in [2.24, 2.45) is 0 Å². The molecule has 2 aliphatic rings. The molecule has 3 aromatic rings. The van der Waals surface area contributed by atoms with Crippen molar-refractivity contribution >= 4 is 22.9 Å². The van der Waals surface area contributed by atoms with Gasteiger partial charge in [0.05, 0.1) is 31.0 Å². The highest BCUT2D eigenvalue weighted by Gasteiger charge is 2.26. The lowest BCUT2D eigenvalue weighted by Gasteiger charge is -2.27. The van der Waals surface area contributed by atoms with Crippen LogP contribution in [0.3, 0.4) is 0 Å². The molecule has 7 heteroatoms. The molecule has 6 nitrogen and oxygen atoms in total. The zero-order valence-electron chi connectivity index (χ0n) is 18.2. The Bertz CT molecular complexity index is 1090. The molecule has 2 heterocycles. The lowest BCUT2D eigenvalue weighted by Crippen LogP contribution is -2.36. The van der Waals surface area contributed by atoms with Crippen LogP contribution in [0.1, 0.15) is 39.7 Å². The van der Waals surface area contributed by atoms with E-state index in [0.29, 0.717) is 18.0 Å². The summed E-state index contributed by atoms with van der Waals surface area (Å²) in [5, 5.41) is 6.41. The minimum Gasteiger partial charge on any atom is -0.497 e. The van der Waals surface area contributed by atoms with Crippen LogP contribution in [0, 0.1) is 0 Å². The molecule has 2 aromatic carbocycles. The highest BCUT2D eigenvalue weighted by Crippen LogP contribution is 2.42. The fourth-order valence-corrected chi connectivity index (χ4v) is 4.91. The summed E-state index contributed by atoms with van der Waals surface area (Å²) in [4.78, 5) is 20.2. The summed E-state index contributed by atoms with van der Waals surface area (Å²) in [6, 6.07) is 13.5. The van der Waals surface area contributed by atoms with Gasteiger partial charge < -0.3 is 14.8 Å². The molecule has 166 valence electrons. The Balaban J connectivity index is 1.30. The number of hydrogen-bond donors (Lipinski definition) is 1. The molecule has 1 amide bonds. The molecule has 1 aromatic heterocycles. The van der Waals surface area contributed by atoms with Gasteiger partial charge in [-0.25, -0.2) is 4.98 Å². The predicted octanol–water partition coefficient (Wildman–Crippen LogP) is 4.78. The quantitative estimate of drug-likeness (QED) is 0.562. The van der Waals surface area contributed by atoms with Crippen LogP contribution in [-0.2, 0) is 11.3 Å². The fourth-order valence-electron chi connectivity index (χ4n) is 3.91. The fraction of sp³-hybridized carbons (Fsp3) is 0.360. The van der Waals surface area contributed by atoms with Crippen LogP contribution >= 0.6 is 11.3 Å². The third-order valence-electron chi connectivity index (χ3n) is 5.94. The highest BCUT2D eigenvalue weighted by molar-refractivity contribution is 7.10. The van der Waals surface area contributed by atoms with E-state index < -0.39 is 0 Å². The van der Waals surface area contributed by atoms with Gasteiger partial charge in [-0.05, 0) is 48.7 Å². The molecule has 0 bridgehead atoms. The number of amides is 1. The number of morpholine rings is 1. The third-order valence-corrected chi connectivity index (χ3v) is 6.95. The van der Waals surface area contributed by atoms with Crippen LogP contribution in [0.4, 0.5) is 5.69 Å². The number of anilines is 1. The number of hydrogen-bond acceptors (Lipinski definition) is 6. The van der Waals surface area contributed by atoms with E-state index in [2.05, 4.69) is 15.6 Å². The number of thiazole rings is 1. The predicted molar refractivity (Wildman–Crippen MR) is 127 cm³/mol. The smallest absolute Gasteiger partial charge is 0.255 e. The van der Waals surface area contributed by atoms with Crippen molar-refractivity contribution < 1.29 is 14.3 Å². The standard InChI is InChI=1S/C25H27N3O3S/c1-30-21-8-9-22(19(14-21)15-28-10-12-31-13-11-28)24(29)26-20-6-4-17(5-7-20)23-16-32-25(27-23)18-2-3-18/h4-9,14,16,18H,2-3,10-13,15H2,1H3,(H,26,29). The van der Waals surface area contributed by atoms with Crippen molar-refractivity contribution in [1.82, 2.24) is 9.88 Å². The van der Waals surface area contributed by atoms with Gasteiger partial charge in [0, 0.05) is 47.7 Å². The monoisotopic (exact) mass is 449 g/mol. The second-order valence-electron chi connectivity index (χ2n) is 8.29. The lowest BCUT2D eigenvalue weighted by molar-refractivity contribution is 0.0341. The molecule has 5 rings (SSSR count). The summed E-state index contributed by atoms with van der Waals surface area (Å²) in [6.45, 7) is 3.85. The van der Waals surface area contributed by atoms with Gasteiger partial charge >= 0.3 is 0 Å². The first-order chi connectivity index (χ1) is 15.7. The van der Waals surface area contributed by atoms with E-state index >= 15 is 0 Å². The maximum Gasteiger partial charge on any atom is 0.255 e. The maximum absolute atomic E-state index is 13.1. The number of carbonyl (C=O) groups excluding carboxylic acids is 1. The highest BCUT2D eigenvalue weighted by atomic mass is 32.1. The van der Waals surface area contributed by atoms with Crippen LogP contribution in [0.15, 0.2) is 47.8 Å². The van der Waals surface area contributed by atoms with E-state index in [9.17, 15) is 4.79 Å². The van der Waals surface area contributed by atoms with Crippen molar-refractivity contribution in [1.29, 1.82) is 0 Å². The summed E-state index contributed by atoms with van der Waals surface area (Å²) in [7, 11) is 1.64. The molecule has 32 heavy (non-hydrogen) atoms. The Morgan fingerprint density at radius 1 is 1.19 bits per heavy atom. The van der Waals surface area contributed by atoms with Gasteiger partial charge in [-0.15, -0.1) is 11.3 Å². The second-order valence-corrected chi connectivity index (χ2v) is 9.18. The molecule has 1 aliphatic heterocycles. The summed E-state index contributed by atoms with van der Waals surface area (Å²) >= 11 is 1.74. The number of ether oxygens (including phenoxy) is 2. The number of methoxy groups -OCH3 is 1. The van der Waals surface area contributed by atoms with E-state index in [-0.39, 0.29) is 5.91 Å². The SMILES string of the molecule is COc1ccc(C(=O)Nc2ccc(-c3csc(C4CC4)n3)cc2)c(CN2CCOCC2)c1. The Labute approximate surface area is 192 Å². The zero-order chi connectivity index (χ0) is 21.9. The molecule has 1 saturated heterocycles. The van der Waals surface area contributed by atoms with Crippen molar-refractivity contribution in [2.75, 3.05) is 38.7 Å². The van der Waals surface area contributed by atoms with Crippen molar-refractivity contribution in [3.05, 3.63) is 64.0 Å². The summed E-state index contributed by atoms with van der Waals surface area (Å²) in [5.41, 5.74) is 4.47. The first-order valence-electron chi connectivity index (χ1n) is 11.0. The average molecular weight is 450 g/mol. The topological polar surface area (TPSA) is 63.7 Å². The molecule has 0 unspecified atom stereocenters. The lowest BCUT2D eigenvalue weighted by atomic mass is 10.0. The largest absolute Gasteiger partial charge is 0.497 e. The average Bonchev–Trinajstić information content (AvgIpc) is 3.56.